The predicted octanol–water partition coefficient (Wildman–Crippen LogP) is 4.18. The molecular formula is C19H14ClF2N3O2. The smallest absolute Gasteiger partial charge is 0.232 e. The third-order valence-electron chi connectivity index (χ3n) is 4.50. The van der Waals surface area contributed by atoms with E-state index in [1.165, 1.54) is 17.0 Å². The average Bonchev–Trinajstić information content (AvgIpc) is 3.25. The molecule has 0 unspecified atom stereocenters. The molecule has 4 rings (SSSR count). The number of rotatable bonds is 4. The quantitative estimate of drug-likeness (QED) is 0.671. The monoisotopic (exact) mass is 389 g/mol. The van der Waals surface area contributed by atoms with Crippen molar-refractivity contribution in [1.82, 2.24) is 15.0 Å². The number of aromatic nitrogens is 2. The molecule has 5 nitrogen and oxygen atoms in total. The number of nitrogens with zero attached hydrogens (tertiary/aromatic N) is 3. The van der Waals surface area contributed by atoms with E-state index < -0.39 is 11.6 Å². The molecule has 0 N–H and O–H groups in total. The molecule has 8 heteroatoms. The van der Waals surface area contributed by atoms with Gasteiger partial charge in [-0.3, -0.25) is 4.79 Å². The Kier molecular flexibility index (Phi) is 4.61. The van der Waals surface area contributed by atoms with Crippen LogP contribution in [0.2, 0.25) is 5.02 Å². The first-order valence-electron chi connectivity index (χ1n) is 8.31. The molecule has 1 saturated heterocycles. The van der Waals surface area contributed by atoms with Crippen LogP contribution >= 0.6 is 11.6 Å². The number of carbonyl (C=O) groups is 1. The highest BCUT2D eigenvalue weighted by atomic mass is 35.5. The van der Waals surface area contributed by atoms with Crippen molar-refractivity contribution in [1.29, 1.82) is 0 Å². The third kappa shape index (κ3) is 3.55. The lowest BCUT2D eigenvalue weighted by Crippen LogP contribution is -2.25. The largest absolute Gasteiger partial charge is 0.339 e. The Labute approximate surface area is 158 Å². The summed E-state index contributed by atoms with van der Waals surface area (Å²) in [5.74, 6) is -1.08. The number of hydrogen-bond acceptors (Lipinski definition) is 4. The minimum atomic E-state index is -0.676. The van der Waals surface area contributed by atoms with Crippen LogP contribution in [0.25, 0.3) is 11.4 Å². The summed E-state index contributed by atoms with van der Waals surface area (Å²) in [5, 5.41) is 4.45. The van der Waals surface area contributed by atoms with Gasteiger partial charge in [0.05, 0.1) is 10.9 Å². The van der Waals surface area contributed by atoms with Gasteiger partial charge in [0.2, 0.25) is 17.6 Å². The summed E-state index contributed by atoms with van der Waals surface area (Å²) in [6, 6.07) is 10.4. The molecule has 0 aliphatic carbocycles. The number of halogens is 3. The summed E-state index contributed by atoms with van der Waals surface area (Å²) in [6.07, 6.45) is 0.187. The number of hydrogen-bond donors (Lipinski definition) is 0. The van der Waals surface area contributed by atoms with E-state index in [4.69, 9.17) is 16.1 Å². The van der Waals surface area contributed by atoms with Crippen molar-refractivity contribution in [3.05, 3.63) is 70.6 Å². The maximum absolute atomic E-state index is 13.8. The first-order chi connectivity index (χ1) is 13.0. The van der Waals surface area contributed by atoms with Crippen LogP contribution in [0, 0.1) is 11.6 Å². The summed E-state index contributed by atoms with van der Waals surface area (Å²) < 4.78 is 32.2. The van der Waals surface area contributed by atoms with Gasteiger partial charge in [0.15, 0.2) is 0 Å². The molecule has 0 spiro atoms. The van der Waals surface area contributed by atoms with E-state index in [0.717, 1.165) is 6.07 Å². The van der Waals surface area contributed by atoms with Crippen molar-refractivity contribution in [2.75, 3.05) is 6.54 Å². The fourth-order valence-electron chi connectivity index (χ4n) is 3.10. The lowest BCUT2D eigenvalue weighted by molar-refractivity contribution is -0.128. The van der Waals surface area contributed by atoms with Crippen molar-refractivity contribution in [3.8, 4) is 11.4 Å². The highest BCUT2D eigenvalue weighted by molar-refractivity contribution is 6.33. The molecule has 2 heterocycles. The van der Waals surface area contributed by atoms with Gasteiger partial charge in [0.25, 0.3) is 0 Å². The van der Waals surface area contributed by atoms with Crippen LogP contribution in [0.5, 0.6) is 0 Å². The van der Waals surface area contributed by atoms with Crippen molar-refractivity contribution in [3.63, 3.8) is 0 Å². The summed E-state index contributed by atoms with van der Waals surface area (Å²) in [7, 11) is 0. The predicted molar refractivity (Wildman–Crippen MR) is 93.9 cm³/mol. The molecule has 138 valence electrons. The summed E-state index contributed by atoms with van der Waals surface area (Å²) in [5.41, 5.74) is 0.899. The van der Waals surface area contributed by atoms with E-state index >= 15 is 0 Å². The second kappa shape index (κ2) is 7.08. The first kappa shape index (κ1) is 17.6. The van der Waals surface area contributed by atoms with Gasteiger partial charge >= 0.3 is 0 Å². The number of benzene rings is 2. The van der Waals surface area contributed by atoms with E-state index in [9.17, 15) is 13.6 Å². The fourth-order valence-corrected chi connectivity index (χ4v) is 3.32. The molecule has 1 fully saturated rings. The van der Waals surface area contributed by atoms with Gasteiger partial charge in [0.1, 0.15) is 11.6 Å². The van der Waals surface area contributed by atoms with Gasteiger partial charge in [-0.05, 0) is 18.2 Å². The van der Waals surface area contributed by atoms with Crippen LogP contribution < -0.4 is 0 Å². The van der Waals surface area contributed by atoms with Crippen LogP contribution in [0.1, 0.15) is 23.8 Å². The van der Waals surface area contributed by atoms with Gasteiger partial charge in [-0.15, -0.1) is 0 Å². The van der Waals surface area contributed by atoms with Gasteiger partial charge in [-0.1, -0.05) is 35.0 Å². The van der Waals surface area contributed by atoms with Crippen LogP contribution in [0.3, 0.4) is 0 Å². The van der Waals surface area contributed by atoms with Crippen LogP contribution in [-0.2, 0) is 11.3 Å². The Bertz CT molecular complexity index is 1010. The molecule has 2 aromatic carbocycles. The van der Waals surface area contributed by atoms with E-state index in [0.29, 0.717) is 28.8 Å². The van der Waals surface area contributed by atoms with Crippen molar-refractivity contribution >= 4 is 17.5 Å². The molecule has 27 heavy (non-hydrogen) atoms. The zero-order valence-corrected chi connectivity index (χ0v) is 14.8. The zero-order valence-electron chi connectivity index (χ0n) is 14.0. The van der Waals surface area contributed by atoms with Gasteiger partial charge in [-0.2, -0.15) is 4.98 Å². The summed E-state index contributed by atoms with van der Waals surface area (Å²) in [6.45, 7) is 0.382. The lowest BCUT2D eigenvalue weighted by Gasteiger charge is -2.16. The van der Waals surface area contributed by atoms with Gasteiger partial charge in [-0.25, -0.2) is 8.78 Å². The molecule has 0 radical (unpaired) electrons. The molecule has 3 aromatic rings. The number of likely N-dealkylation sites (tertiary alicyclic amines) is 1. The van der Waals surface area contributed by atoms with E-state index in [2.05, 4.69) is 10.1 Å². The molecule has 0 bridgehead atoms. The molecular weight excluding hydrogens is 376 g/mol. The molecule has 0 saturated carbocycles. The second-order valence-electron chi connectivity index (χ2n) is 6.35. The molecule has 1 atom stereocenters. The SMILES string of the molecule is O=C1C[C@H](c2nc(-c3ccccc3Cl)no2)CN1Cc1ccc(F)cc1F. The van der Waals surface area contributed by atoms with Crippen LogP contribution in [0.15, 0.2) is 47.0 Å². The molecule has 1 aromatic heterocycles. The van der Waals surface area contributed by atoms with Gasteiger partial charge in [0, 0.05) is 36.7 Å². The van der Waals surface area contributed by atoms with Crippen molar-refractivity contribution in [2.24, 2.45) is 0 Å². The summed E-state index contributed by atoms with van der Waals surface area (Å²) in [4.78, 5) is 18.2. The Morgan fingerprint density at radius 3 is 2.81 bits per heavy atom. The van der Waals surface area contributed by atoms with E-state index in [1.54, 1.807) is 18.2 Å². The number of carbonyl (C=O) groups excluding carboxylic acids is 1. The number of amides is 1. The maximum Gasteiger partial charge on any atom is 0.232 e. The first-order valence-corrected chi connectivity index (χ1v) is 8.69. The van der Waals surface area contributed by atoms with Crippen LogP contribution in [-0.4, -0.2) is 27.5 Å². The Morgan fingerprint density at radius 2 is 2.04 bits per heavy atom. The van der Waals surface area contributed by atoms with E-state index in [-0.39, 0.29) is 30.4 Å². The molecule has 1 amide bonds. The standard InChI is InChI=1S/C19H14ClF2N3O2/c20-15-4-2-1-3-14(15)18-23-19(27-24-18)12-7-17(26)25(10-12)9-11-5-6-13(21)8-16(11)22/h1-6,8,12H,7,9-10H2/t12-/m0/s1. The highest BCUT2D eigenvalue weighted by Crippen LogP contribution is 2.31. The minimum absolute atomic E-state index is 0.0625. The minimum Gasteiger partial charge on any atom is -0.339 e. The Hall–Kier alpha value is -2.80. The Morgan fingerprint density at radius 1 is 1.22 bits per heavy atom. The maximum atomic E-state index is 13.8. The van der Waals surface area contributed by atoms with E-state index in [1.807, 2.05) is 6.07 Å². The van der Waals surface area contributed by atoms with Crippen LogP contribution in [0.4, 0.5) is 8.78 Å². The topological polar surface area (TPSA) is 59.2 Å². The van der Waals surface area contributed by atoms with Crippen molar-refractivity contribution < 1.29 is 18.1 Å². The summed E-state index contributed by atoms with van der Waals surface area (Å²) >= 11 is 6.14. The third-order valence-corrected chi connectivity index (χ3v) is 4.83. The fraction of sp³-hybridized carbons (Fsp3) is 0.211. The Balaban J connectivity index is 1.50. The van der Waals surface area contributed by atoms with Gasteiger partial charge < -0.3 is 9.42 Å². The highest BCUT2D eigenvalue weighted by Gasteiger charge is 2.34. The normalized spacial score (nSPS) is 16.9. The molecule has 1 aliphatic rings. The molecule has 1 aliphatic heterocycles. The zero-order chi connectivity index (χ0) is 19.0. The second-order valence-corrected chi connectivity index (χ2v) is 6.75. The lowest BCUT2D eigenvalue weighted by atomic mass is 10.1. The van der Waals surface area contributed by atoms with Crippen molar-refractivity contribution in [2.45, 2.75) is 18.9 Å². The average molecular weight is 390 g/mol.